The number of aromatic nitrogens is 2. The Hall–Kier alpha value is -1.30. The highest BCUT2D eigenvalue weighted by Crippen LogP contribution is 2.32. The highest BCUT2D eigenvalue weighted by molar-refractivity contribution is 5.85. The molecule has 5 nitrogen and oxygen atoms in total. The fraction of sp³-hybridized carbons (Fsp3) is 0.579. The molecule has 1 aromatic heterocycles. The second-order valence-corrected chi connectivity index (χ2v) is 7.33. The van der Waals surface area contributed by atoms with E-state index in [9.17, 15) is 4.79 Å². The maximum Gasteiger partial charge on any atom is 0.220 e. The Kier molecular flexibility index (Phi) is 7.33. The number of aryl methyl sites for hydroxylation is 1. The van der Waals surface area contributed by atoms with Crippen molar-refractivity contribution in [2.24, 2.45) is 5.92 Å². The van der Waals surface area contributed by atoms with Gasteiger partial charge in [-0.25, -0.2) is 4.98 Å². The van der Waals surface area contributed by atoms with Crippen LogP contribution >= 0.6 is 24.8 Å². The van der Waals surface area contributed by atoms with Gasteiger partial charge in [-0.05, 0) is 50.7 Å². The van der Waals surface area contributed by atoms with Crippen LogP contribution in [0.1, 0.15) is 37.9 Å². The van der Waals surface area contributed by atoms with Crippen LogP contribution in [-0.4, -0.2) is 34.1 Å². The van der Waals surface area contributed by atoms with E-state index in [0.29, 0.717) is 31.0 Å². The van der Waals surface area contributed by atoms with Crippen molar-refractivity contribution in [3.05, 3.63) is 30.1 Å². The molecule has 0 aliphatic carbocycles. The predicted molar refractivity (Wildman–Crippen MR) is 109 cm³/mol. The fourth-order valence-corrected chi connectivity index (χ4v) is 4.46. The lowest BCUT2D eigenvalue weighted by atomic mass is 9.89. The number of halogens is 2. The molecule has 4 rings (SSSR count). The molecular formula is C19H28Cl2N4O. The van der Waals surface area contributed by atoms with Crippen molar-refractivity contribution in [2.45, 2.75) is 57.7 Å². The van der Waals surface area contributed by atoms with E-state index in [4.69, 9.17) is 0 Å². The van der Waals surface area contributed by atoms with Gasteiger partial charge >= 0.3 is 0 Å². The minimum Gasteiger partial charge on any atom is -0.354 e. The minimum atomic E-state index is 0. The Bertz CT molecular complexity index is 736. The average Bonchev–Trinajstić information content (AvgIpc) is 3.07. The summed E-state index contributed by atoms with van der Waals surface area (Å²) in [6.45, 7) is 3.46. The zero-order chi connectivity index (χ0) is 16.5. The molecule has 2 saturated heterocycles. The number of amides is 1. The number of hydrogen-bond acceptors (Lipinski definition) is 3. The molecule has 144 valence electrons. The van der Waals surface area contributed by atoms with Crippen molar-refractivity contribution in [3.8, 4) is 0 Å². The molecule has 2 aliphatic heterocycles. The highest BCUT2D eigenvalue weighted by Gasteiger charge is 2.34. The van der Waals surface area contributed by atoms with Gasteiger partial charge in [-0.1, -0.05) is 12.1 Å². The molecule has 0 radical (unpaired) electrons. The largest absolute Gasteiger partial charge is 0.354 e. The zero-order valence-corrected chi connectivity index (χ0v) is 16.7. The van der Waals surface area contributed by atoms with Gasteiger partial charge in [0.2, 0.25) is 5.91 Å². The summed E-state index contributed by atoms with van der Waals surface area (Å²) in [6, 6.07) is 9.46. The first-order valence-corrected chi connectivity index (χ1v) is 9.13. The van der Waals surface area contributed by atoms with E-state index in [1.54, 1.807) is 0 Å². The van der Waals surface area contributed by atoms with E-state index in [2.05, 4.69) is 26.3 Å². The molecule has 2 unspecified atom stereocenters. The van der Waals surface area contributed by atoms with Crippen LogP contribution in [0.2, 0.25) is 0 Å². The predicted octanol–water partition coefficient (Wildman–Crippen LogP) is 3.23. The summed E-state index contributed by atoms with van der Waals surface area (Å²) in [7, 11) is 0. The van der Waals surface area contributed by atoms with Gasteiger partial charge in [-0.3, -0.25) is 4.79 Å². The van der Waals surface area contributed by atoms with Crippen LogP contribution in [0.3, 0.4) is 0 Å². The Labute approximate surface area is 167 Å². The van der Waals surface area contributed by atoms with Crippen molar-refractivity contribution in [1.29, 1.82) is 0 Å². The lowest BCUT2D eigenvalue weighted by Gasteiger charge is -2.28. The standard InChI is InChI=1S/C19H26N4O.2ClH/c1-13-21-17-4-2-3-5-18(17)23(13)9-8-20-19(24)12-14-10-15-6-7-16(11-14)22-15;;/h2-5,14-16,22H,6-12H2,1H3,(H,20,24);2*1H. The van der Waals surface area contributed by atoms with Crippen LogP contribution < -0.4 is 10.6 Å². The number of hydrogen-bond donors (Lipinski definition) is 2. The minimum absolute atomic E-state index is 0. The molecule has 1 aromatic carbocycles. The van der Waals surface area contributed by atoms with Crippen LogP contribution in [-0.2, 0) is 11.3 Å². The number of carbonyl (C=O) groups excluding carboxylic acids is 1. The van der Waals surface area contributed by atoms with Crippen molar-refractivity contribution in [1.82, 2.24) is 20.2 Å². The molecule has 2 N–H and O–H groups in total. The van der Waals surface area contributed by atoms with Gasteiger partial charge in [0.25, 0.3) is 0 Å². The quantitative estimate of drug-likeness (QED) is 0.812. The van der Waals surface area contributed by atoms with Crippen LogP contribution in [0.4, 0.5) is 0 Å². The van der Waals surface area contributed by atoms with Crippen LogP contribution in [0.5, 0.6) is 0 Å². The number of rotatable bonds is 5. The molecule has 3 heterocycles. The van der Waals surface area contributed by atoms with E-state index in [1.807, 2.05) is 25.1 Å². The molecule has 7 heteroatoms. The van der Waals surface area contributed by atoms with E-state index >= 15 is 0 Å². The normalized spacial score (nSPS) is 24.0. The molecule has 2 fully saturated rings. The fourth-order valence-electron chi connectivity index (χ4n) is 4.46. The summed E-state index contributed by atoms with van der Waals surface area (Å²) >= 11 is 0. The maximum atomic E-state index is 12.3. The summed E-state index contributed by atoms with van der Waals surface area (Å²) in [5.74, 6) is 1.75. The second kappa shape index (κ2) is 9.07. The zero-order valence-electron chi connectivity index (χ0n) is 15.1. The van der Waals surface area contributed by atoms with Crippen LogP contribution in [0.25, 0.3) is 11.0 Å². The molecule has 2 aliphatic rings. The number of fused-ring (bicyclic) bond motifs is 3. The Morgan fingerprint density at radius 3 is 2.65 bits per heavy atom. The summed E-state index contributed by atoms with van der Waals surface area (Å²) < 4.78 is 2.18. The number of imidazole rings is 1. The molecule has 26 heavy (non-hydrogen) atoms. The third-order valence-electron chi connectivity index (χ3n) is 5.55. The van der Waals surface area contributed by atoms with E-state index in [0.717, 1.165) is 36.2 Å². The molecule has 0 spiro atoms. The van der Waals surface area contributed by atoms with Crippen molar-refractivity contribution in [3.63, 3.8) is 0 Å². The van der Waals surface area contributed by atoms with Gasteiger partial charge < -0.3 is 15.2 Å². The van der Waals surface area contributed by atoms with E-state index < -0.39 is 0 Å². The van der Waals surface area contributed by atoms with Gasteiger partial charge in [0.05, 0.1) is 11.0 Å². The van der Waals surface area contributed by atoms with Crippen LogP contribution in [0, 0.1) is 12.8 Å². The molecule has 2 atom stereocenters. The van der Waals surface area contributed by atoms with Gasteiger partial charge in [-0.15, -0.1) is 24.8 Å². The highest BCUT2D eigenvalue weighted by atomic mass is 35.5. The summed E-state index contributed by atoms with van der Waals surface area (Å²) in [4.78, 5) is 16.8. The summed E-state index contributed by atoms with van der Waals surface area (Å²) in [5, 5.41) is 6.74. The number of para-hydroxylation sites is 2. The van der Waals surface area contributed by atoms with Gasteiger partial charge in [0.15, 0.2) is 0 Å². The monoisotopic (exact) mass is 398 g/mol. The Morgan fingerprint density at radius 1 is 1.23 bits per heavy atom. The number of benzene rings is 1. The molecule has 2 aromatic rings. The Morgan fingerprint density at radius 2 is 1.92 bits per heavy atom. The first-order chi connectivity index (χ1) is 11.7. The third kappa shape index (κ3) is 4.51. The Balaban J connectivity index is 0.00000121. The topological polar surface area (TPSA) is 59.0 Å². The number of carbonyl (C=O) groups is 1. The summed E-state index contributed by atoms with van der Waals surface area (Å²) in [5.41, 5.74) is 2.16. The van der Waals surface area contributed by atoms with Crippen molar-refractivity contribution < 1.29 is 4.79 Å². The van der Waals surface area contributed by atoms with E-state index in [1.165, 1.54) is 12.8 Å². The number of nitrogens with one attached hydrogen (secondary N) is 2. The third-order valence-corrected chi connectivity index (χ3v) is 5.55. The van der Waals surface area contributed by atoms with Crippen molar-refractivity contribution in [2.75, 3.05) is 6.54 Å². The first kappa shape index (κ1) is 21.0. The lowest BCUT2D eigenvalue weighted by molar-refractivity contribution is -0.122. The second-order valence-electron chi connectivity index (χ2n) is 7.33. The summed E-state index contributed by atoms with van der Waals surface area (Å²) in [6.07, 6.45) is 5.58. The molecular weight excluding hydrogens is 371 g/mol. The smallest absolute Gasteiger partial charge is 0.220 e. The average molecular weight is 399 g/mol. The number of piperidine rings is 1. The van der Waals surface area contributed by atoms with Crippen LogP contribution in [0.15, 0.2) is 24.3 Å². The first-order valence-electron chi connectivity index (χ1n) is 9.13. The van der Waals surface area contributed by atoms with Gasteiger partial charge in [-0.2, -0.15) is 0 Å². The molecule has 0 saturated carbocycles. The molecule has 1 amide bonds. The van der Waals surface area contributed by atoms with Gasteiger partial charge in [0, 0.05) is 31.6 Å². The maximum absolute atomic E-state index is 12.3. The SMILES string of the molecule is Cc1nc2ccccc2n1CCNC(=O)CC1CC2CCC(C1)N2.Cl.Cl. The van der Waals surface area contributed by atoms with Crippen molar-refractivity contribution >= 4 is 41.8 Å². The number of nitrogens with zero attached hydrogens (tertiary/aromatic N) is 2. The lowest BCUT2D eigenvalue weighted by Crippen LogP contribution is -2.40. The molecule has 2 bridgehead atoms. The van der Waals surface area contributed by atoms with Gasteiger partial charge in [0.1, 0.15) is 5.82 Å². The van der Waals surface area contributed by atoms with E-state index in [-0.39, 0.29) is 30.7 Å².